The molecule has 1 amide bonds. The van der Waals surface area contributed by atoms with Gasteiger partial charge in [-0.2, -0.15) is 0 Å². The summed E-state index contributed by atoms with van der Waals surface area (Å²) in [5, 5.41) is 3.13. The van der Waals surface area contributed by atoms with Crippen LogP contribution in [0.5, 0.6) is 0 Å². The first kappa shape index (κ1) is 16.9. The number of nitrogens with one attached hydrogen (secondary N) is 1. The lowest BCUT2D eigenvalue weighted by atomic mass is 10.2. The lowest BCUT2D eigenvalue weighted by molar-refractivity contribution is 0.0637. The van der Waals surface area contributed by atoms with E-state index in [-0.39, 0.29) is 5.91 Å². The Morgan fingerprint density at radius 1 is 1.25 bits per heavy atom. The smallest absolute Gasteiger partial charge is 0.272 e. The molecular weight excluding hydrogens is 370 g/mol. The van der Waals surface area contributed by atoms with E-state index < -0.39 is 0 Å². The van der Waals surface area contributed by atoms with Crippen LogP contribution in [-0.4, -0.2) is 58.4 Å². The van der Waals surface area contributed by atoms with Gasteiger partial charge in [0.25, 0.3) is 5.91 Å². The molecule has 3 rings (SSSR count). The van der Waals surface area contributed by atoms with Gasteiger partial charge in [0.15, 0.2) is 0 Å². The first-order valence-corrected chi connectivity index (χ1v) is 8.82. The Kier molecular flexibility index (Phi) is 5.42. The molecule has 2 heterocycles. The fourth-order valence-electron chi connectivity index (χ4n) is 2.66. The zero-order valence-electron chi connectivity index (χ0n) is 13.6. The molecule has 1 aromatic carbocycles. The van der Waals surface area contributed by atoms with Crippen LogP contribution >= 0.6 is 15.9 Å². The standard InChI is InChI=1S/C17H20BrN5O/c1-2-22-8-10-23(11-9-22)16(24)15-6-7-19-17(21-15)20-14-5-3-4-13(18)12-14/h3-7,12H,2,8-11H2,1H3,(H,19,20,21). The van der Waals surface area contributed by atoms with E-state index in [2.05, 4.69) is 43.0 Å². The Bertz CT molecular complexity index is 716. The molecule has 1 saturated heterocycles. The van der Waals surface area contributed by atoms with Crippen molar-refractivity contribution in [2.45, 2.75) is 6.92 Å². The number of likely N-dealkylation sites (N-methyl/N-ethyl adjacent to an activating group) is 1. The van der Waals surface area contributed by atoms with Gasteiger partial charge in [0.05, 0.1) is 0 Å². The van der Waals surface area contributed by atoms with E-state index >= 15 is 0 Å². The second kappa shape index (κ2) is 7.72. The molecule has 24 heavy (non-hydrogen) atoms. The number of hydrogen-bond donors (Lipinski definition) is 1. The molecule has 0 radical (unpaired) electrons. The summed E-state index contributed by atoms with van der Waals surface area (Å²) in [5.41, 5.74) is 1.29. The van der Waals surface area contributed by atoms with Crippen LogP contribution in [0.25, 0.3) is 0 Å². The highest BCUT2D eigenvalue weighted by atomic mass is 79.9. The summed E-state index contributed by atoms with van der Waals surface area (Å²) in [5.74, 6) is 0.386. The van der Waals surface area contributed by atoms with E-state index in [0.29, 0.717) is 11.6 Å². The van der Waals surface area contributed by atoms with Crippen LogP contribution in [0.15, 0.2) is 41.0 Å². The summed E-state index contributed by atoms with van der Waals surface area (Å²) in [6.45, 7) is 6.47. The van der Waals surface area contributed by atoms with Crippen LogP contribution in [0, 0.1) is 0 Å². The number of piperazine rings is 1. The van der Waals surface area contributed by atoms with E-state index in [9.17, 15) is 4.79 Å². The maximum Gasteiger partial charge on any atom is 0.272 e. The Balaban J connectivity index is 1.69. The van der Waals surface area contributed by atoms with Gasteiger partial charge < -0.3 is 15.1 Å². The average Bonchev–Trinajstić information content (AvgIpc) is 2.61. The van der Waals surface area contributed by atoms with E-state index in [4.69, 9.17) is 0 Å². The highest BCUT2D eigenvalue weighted by Crippen LogP contribution is 2.18. The molecule has 1 N–H and O–H groups in total. The van der Waals surface area contributed by atoms with Gasteiger partial charge in [0, 0.05) is 42.5 Å². The monoisotopic (exact) mass is 389 g/mol. The number of carbonyl (C=O) groups is 1. The van der Waals surface area contributed by atoms with Crippen LogP contribution < -0.4 is 5.32 Å². The molecule has 0 aliphatic carbocycles. The molecule has 2 aromatic rings. The first-order valence-electron chi connectivity index (χ1n) is 8.03. The fraction of sp³-hybridized carbons (Fsp3) is 0.353. The molecule has 0 spiro atoms. The second-order valence-corrected chi connectivity index (χ2v) is 6.54. The molecule has 0 bridgehead atoms. The number of anilines is 2. The van der Waals surface area contributed by atoms with Gasteiger partial charge in [-0.1, -0.05) is 28.9 Å². The van der Waals surface area contributed by atoms with Crippen molar-refractivity contribution in [2.24, 2.45) is 0 Å². The van der Waals surface area contributed by atoms with Gasteiger partial charge in [0.1, 0.15) is 5.69 Å². The van der Waals surface area contributed by atoms with Gasteiger partial charge in [-0.15, -0.1) is 0 Å². The molecule has 1 aromatic heterocycles. The highest BCUT2D eigenvalue weighted by molar-refractivity contribution is 9.10. The number of rotatable bonds is 4. The topological polar surface area (TPSA) is 61.4 Å². The third-order valence-corrected chi connectivity index (χ3v) is 4.56. The number of aromatic nitrogens is 2. The molecule has 1 fully saturated rings. The summed E-state index contributed by atoms with van der Waals surface area (Å²) < 4.78 is 0.966. The molecule has 1 aliphatic heterocycles. The van der Waals surface area contributed by atoms with E-state index in [1.807, 2.05) is 29.2 Å². The third-order valence-electron chi connectivity index (χ3n) is 4.06. The molecule has 126 valence electrons. The molecule has 6 nitrogen and oxygen atoms in total. The van der Waals surface area contributed by atoms with Crippen molar-refractivity contribution in [1.29, 1.82) is 0 Å². The lowest BCUT2D eigenvalue weighted by Gasteiger charge is -2.33. The largest absolute Gasteiger partial charge is 0.335 e. The van der Waals surface area contributed by atoms with Gasteiger partial charge in [0.2, 0.25) is 5.95 Å². The molecule has 1 aliphatic rings. The molecule has 7 heteroatoms. The van der Waals surface area contributed by atoms with E-state index in [1.54, 1.807) is 12.3 Å². The van der Waals surface area contributed by atoms with Crippen molar-refractivity contribution >= 4 is 33.5 Å². The maximum atomic E-state index is 12.6. The lowest BCUT2D eigenvalue weighted by Crippen LogP contribution is -2.48. The Morgan fingerprint density at radius 2 is 2.04 bits per heavy atom. The van der Waals surface area contributed by atoms with Crippen LogP contribution in [0.4, 0.5) is 11.6 Å². The Morgan fingerprint density at radius 3 is 2.75 bits per heavy atom. The summed E-state index contributed by atoms with van der Waals surface area (Å²) >= 11 is 3.43. The minimum Gasteiger partial charge on any atom is -0.335 e. The second-order valence-electron chi connectivity index (χ2n) is 5.63. The summed E-state index contributed by atoms with van der Waals surface area (Å²) in [6.07, 6.45) is 1.61. The maximum absolute atomic E-state index is 12.6. The number of hydrogen-bond acceptors (Lipinski definition) is 5. The summed E-state index contributed by atoms with van der Waals surface area (Å²) in [6, 6.07) is 9.39. The predicted octanol–water partition coefficient (Wildman–Crippen LogP) is 2.76. The van der Waals surface area contributed by atoms with E-state index in [1.165, 1.54) is 0 Å². The number of benzene rings is 1. The Hall–Kier alpha value is -1.99. The van der Waals surface area contributed by atoms with Crippen molar-refractivity contribution in [1.82, 2.24) is 19.8 Å². The van der Waals surface area contributed by atoms with E-state index in [0.717, 1.165) is 42.9 Å². The first-order chi connectivity index (χ1) is 11.7. The van der Waals surface area contributed by atoms with Gasteiger partial charge in [-0.05, 0) is 30.8 Å². The van der Waals surface area contributed by atoms with Crippen LogP contribution in [-0.2, 0) is 0 Å². The minimum absolute atomic E-state index is 0.0366. The van der Waals surface area contributed by atoms with Crippen molar-refractivity contribution in [3.63, 3.8) is 0 Å². The molecule has 0 unspecified atom stereocenters. The summed E-state index contributed by atoms with van der Waals surface area (Å²) in [7, 11) is 0. The highest BCUT2D eigenvalue weighted by Gasteiger charge is 2.22. The predicted molar refractivity (Wildman–Crippen MR) is 97.5 cm³/mol. The third kappa shape index (κ3) is 4.10. The zero-order valence-corrected chi connectivity index (χ0v) is 15.2. The van der Waals surface area contributed by atoms with Gasteiger partial charge in [-0.25, -0.2) is 9.97 Å². The van der Waals surface area contributed by atoms with Gasteiger partial charge in [-0.3, -0.25) is 4.79 Å². The minimum atomic E-state index is -0.0366. The van der Waals surface area contributed by atoms with Crippen LogP contribution in [0.3, 0.4) is 0 Å². The summed E-state index contributed by atoms with van der Waals surface area (Å²) in [4.78, 5) is 25.4. The normalized spacial score (nSPS) is 15.3. The number of nitrogens with zero attached hydrogens (tertiary/aromatic N) is 4. The van der Waals surface area contributed by atoms with Crippen molar-refractivity contribution in [3.8, 4) is 0 Å². The Labute approximate surface area is 150 Å². The average molecular weight is 390 g/mol. The zero-order chi connectivity index (χ0) is 16.9. The van der Waals surface area contributed by atoms with Gasteiger partial charge >= 0.3 is 0 Å². The molecule has 0 atom stereocenters. The van der Waals surface area contributed by atoms with Crippen LogP contribution in [0.1, 0.15) is 17.4 Å². The molecular formula is C17H20BrN5O. The van der Waals surface area contributed by atoms with Crippen molar-refractivity contribution in [3.05, 3.63) is 46.7 Å². The van der Waals surface area contributed by atoms with Crippen molar-refractivity contribution < 1.29 is 4.79 Å². The fourth-order valence-corrected chi connectivity index (χ4v) is 3.06. The SMILES string of the molecule is CCN1CCN(C(=O)c2ccnc(Nc3cccc(Br)c3)n2)CC1. The number of halogens is 1. The van der Waals surface area contributed by atoms with Crippen LogP contribution in [0.2, 0.25) is 0 Å². The molecule has 0 saturated carbocycles. The number of carbonyl (C=O) groups excluding carboxylic acids is 1. The van der Waals surface area contributed by atoms with Crippen molar-refractivity contribution in [2.75, 3.05) is 38.0 Å². The number of amides is 1. The quantitative estimate of drug-likeness (QED) is 0.870.